The minimum absolute atomic E-state index is 0.123. The smallest absolute Gasteiger partial charge is 0.129 e. The highest BCUT2D eigenvalue weighted by atomic mass is 35.5. The molecule has 3 nitrogen and oxygen atoms in total. The van der Waals surface area contributed by atoms with Crippen LogP contribution in [0.15, 0.2) is 12.1 Å². The number of anilines is 1. The molecule has 0 atom stereocenters. The van der Waals surface area contributed by atoms with Crippen molar-refractivity contribution < 1.29 is 4.39 Å². The summed E-state index contributed by atoms with van der Waals surface area (Å²) < 4.78 is 12.9. The summed E-state index contributed by atoms with van der Waals surface area (Å²) in [7, 11) is 0. The molecular weight excluding hydrogens is 181 g/mol. The van der Waals surface area contributed by atoms with Crippen molar-refractivity contribution in [1.29, 1.82) is 0 Å². The minimum Gasteiger partial charge on any atom is -0.326 e. The van der Waals surface area contributed by atoms with Gasteiger partial charge in [0, 0.05) is 12.1 Å². The third kappa shape index (κ3) is 1.66. The molecule has 12 heavy (non-hydrogen) atoms. The van der Waals surface area contributed by atoms with Crippen molar-refractivity contribution >= 4 is 17.3 Å². The minimum atomic E-state index is -0.415. The molecule has 0 amide bonds. The first-order valence-corrected chi connectivity index (χ1v) is 3.71. The standard InChI is InChI=1S/C7H9ClFN3/c8-5-2-6(9)4(3-10)1-7(5)12-11/h1-2,12H,3,10-11H2. The Bertz CT molecular complexity index is 265. The summed E-state index contributed by atoms with van der Waals surface area (Å²) >= 11 is 5.64. The van der Waals surface area contributed by atoms with E-state index < -0.39 is 5.82 Å². The van der Waals surface area contributed by atoms with Crippen LogP contribution in [-0.2, 0) is 6.54 Å². The van der Waals surface area contributed by atoms with Crippen LogP contribution in [0.3, 0.4) is 0 Å². The zero-order chi connectivity index (χ0) is 9.14. The highest BCUT2D eigenvalue weighted by Gasteiger charge is 2.05. The zero-order valence-corrected chi connectivity index (χ0v) is 7.03. The van der Waals surface area contributed by atoms with E-state index in [1.165, 1.54) is 12.1 Å². The largest absolute Gasteiger partial charge is 0.326 e. The van der Waals surface area contributed by atoms with E-state index in [0.29, 0.717) is 11.3 Å². The Hall–Kier alpha value is -0.840. The molecule has 0 unspecified atom stereocenters. The number of nitrogens with two attached hydrogens (primary N) is 2. The quantitative estimate of drug-likeness (QED) is 0.484. The summed E-state index contributed by atoms with van der Waals surface area (Å²) in [6, 6.07) is 2.66. The normalized spacial score (nSPS) is 10.0. The molecule has 0 heterocycles. The van der Waals surface area contributed by atoms with Gasteiger partial charge in [0.05, 0.1) is 10.7 Å². The van der Waals surface area contributed by atoms with Gasteiger partial charge in [0.25, 0.3) is 0 Å². The van der Waals surface area contributed by atoms with Gasteiger partial charge in [-0.25, -0.2) is 4.39 Å². The van der Waals surface area contributed by atoms with Crippen LogP contribution in [0.2, 0.25) is 5.02 Å². The number of nitrogens with one attached hydrogen (secondary N) is 1. The molecule has 0 saturated carbocycles. The lowest BCUT2D eigenvalue weighted by Crippen LogP contribution is -2.09. The first kappa shape index (κ1) is 9.25. The molecule has 0 aromatic heterocycles. The number of benzene rings is 1. The van der Waals surface area contributed by atoms with E-state index in [2.05, 4.69) is 5.43 Å². The number of hydrazine groups is 1. The number of hydrogen-bond acceptors (Lipinski definition) is 3. The van der Waals surface area contributed by atoms with Crippen LogP contribution in [0.1, 0.15) is 5.56 Å². The van der Waals surface area contributed by atoms with Crippen LogP contribution < -0.4 is 17.0 Å². The maximum atomic E-state index is 12.9. The molecule has 0 saturated heterocycles. The van der Waals surface area contributed by atoms with Crippen molar-refractivity contribution in [3.8, 4) is 0 Å². The average molecular weight is 190 g/mol. The first-order chi connectivity index (χ1) is 5.69. The number of nitrogen functional groups attached to an aromatic ring is 1. The fraction of sp³-hybridized carbons (Fsp3) is 0.143. The van der Waals surface area contributed by atoms with Crippen LogP contribution >= 0.6 is 11.6 Å². The lowest BCUT2D eigenvalue weighted by molar-refractivity contribution is 0.611. The molecule has 0 spiro atoms. The van der Waals surface area contributed by atoms with Crippen molar-refractivity contribution in [3.63, 3.8) is 0 Å². The van der Waals surface area contributed by atoms with Crippen molar-refractivity contribution in [2.24, 2.45) is 11.6 Å². The van der Waals surface area contributed by atoms with Crippen molar-refractivity contribution in [3.05, 3.63) is 28.5 Å². The topological polar surface area (TPSA) is 64.1 Å². The molecule has 0 bridgehead atoms. The molecule has 1 aromatic rings. The molecule has 0 fully saturated rings. The zero-order valence-electron chi connectivity index (χ0n) is 6.27. The molecule has 5 heteroatoms. The number of halogens is 2. The van der Waals surface area contributed by atoms with Gasteiger partial charge in [0.15, 0.2) is 0 Å². The average Bonchev–Trinajstić information content (AvgIpc) is 2.05. The van der Waals surface area contributed by atoms with E-state index in [0.717, 1.165) is 0 Å². The highest BCUT2D eigenvalue weighted by molar-refractivity contribution is 6.33. The Balaban J connectivity index is 3.18. The summed E-state index contributed by atoms with van der Waals surface area (Å²) in [5.41, 5.74) is 8.47. The molecule has 1 aromatic carbocycles. The Morgan fingerprint density at radius 1 is 1.50 bits per heavy atom. The van der Waals surface area contributed by atoms with E-state index in [9.17, 15) is 4.39 Å². The van der Waals surface area contributed by atoms with Gasteiger partial charge in [0.1, 0.15) is 5.82 Å². The second-order valence-electron chi connectivity index (χ2n) is 2.27. The van der Waals surface area contributed by atoms with Crippen molar-refractivity contribution in [2.45, 2.75) is 6.54 Å². The van der Waals surface area contributed by atoms with Crippen molar-refractivity contribution in [2.75, 3.05) is 5.43 Å². The predicted octanol–water partition coefficient (Wildman–Crippen LogP) is 1.22. The highest BCUT2D eigenvalue weighted by Crippen LogP contribution is 2.24. The Kier molecular flexibility index (Phi) is 2.86. The Morgan fingerprint density at radius 3 is 2.67 bits per heavy atom. The summed E-state index contributed by atoms with van der Waals surface area (Å²) in [6.07, 6.45) is 0. The third-order valence-corrected chi connectivity index (χ3v) is 1.82. The van der Waals surface area contributed by atoms with Gasteiger partial charge in [0.2, 0.25) is 0 Å². The Morgan fingerprint density at radius 2 is 2.17 bits per heavy atom. The monoisotopic (exact) mass is 189 g/mol. The van der Waals surface area contributed by atoms with Gasteiger partial charge in [-0.05, 0) is 12.1 Å². The fourth-order valence-corrected chi connectivity index (χ4v) is 1.07. The van der Waals surface area contributed by atoms with Gasteiger partial charge < -0.3 is 11.2 Å². The summed E-state index contributed by atoms with van der Waals surface area (Å²) in [5.74, 6) is 4.71. The van der Waals surface area contributed by atoms with E-state index in [1.807, 2.05) is 0 Å². The molecule has 0 aliphatic heterocycles. The fourth-order valence-electron chi connectivity index (χ4n) is 0.861. The SMILES string of the molecule is NCc1cc(NN)c(Cl)cc1F. The maximum absolute atomic E-state index is 12.9. The van der Waals surface area contributed by atoms with Gasteiger partial charge >= 0.3 is 0 Å². The van der Waals surface area contributed by atoms with Gasteiger partial charge in [-0.3, -0.25) is 5.84 Å². The summed E-state index contributed by atoms with van der Waals surface area (Å²) in [4.78, 5) is 0. The van der Waals surface area contributed by atoms with Gasteiger partial charge in [-0.15, -0.1) is 0 Å². The molecule has 0 radical (unpaired) electrons. The van der Waals surface area contributed by atoms with E-state index in [1.54, 1.807) is 0 Å². The van der Waals surface area contributed by atoms with Crippen LogP contribution in [0.5, 0.6) is 0 Å². The molecule has 5 N–H and O–H groups in total. The van der Waals surface area contributed by atoms with Gasteiger partial charge in [-0.2, -0.15) is 0 Å². The van der Waals surface area contributed by atoms with Crippen LogP contribution in [-0.4, -0.2) is 0 Å². The van der Waals surface area contributed by atoms with Crippen LogP contribution in [0, 0.1) is 5.82 Å². The lowest BCUT2D eigenvalue weighted by Gasteiger charge is -2.06. The second-order valence-corrected chi connectivity index (χ2v) is 2.68. The van der Waals surface area contributed by atoms with E-state index in [4.69, 9.17) is 23.2 Å². The molecule has 66 valence electrons. The molecule has 1 rings (SSSR count). The Labute approximate surface area is 74.5 Å². The van der Waals surface area contributed by atoms with E-state index in [-0.39, 0.29) is 11.6 Å². The third-order valence-electron chi connectivity index (χ3n) is 1.51. The molecule has 0 aliphatic rings. The lowest BCUT2D eigenvalue weighted by atomic mass is 10.2. The maximum Gasteiger partial charge on any atom is 0.129 e. The second kappa shape index (κ2) is 3.71. The van der Waals surface area contributed by atoms with Gasteiger partial charge in [-0.1, -0.05) is 11.6 Å². The van der Waals surface area contributed by atoms with Crippen molar-refractivity contribution in [1.82, 2.24) is 0 Å². The van der Waals surface area contributed by atoms with Crippen LogP contribution in [0.25, 0.3) is 0 Å². The predicted molar refractivity (Wildman–Crippen MR) is 47.1 cm³/mol. The molecular formula is C7H9ClFN3. The number of rotatable bonds is 2. The first-order valence-electron chi connectivity index (χ1n) is 3.33. The molecule has 0 aliphatic carbocycles. The van der Waals surface area contributed by atoms with E-state index >= 15 is 0 Å². The van der Waals surface area contributed by atoms with Crippen LogP contribution in [0.4, 0.5) is 10.1 Å². The summed E-state index contributed by atoms with van der Waals surface area (Å²) in [6.45, 7) is 0.123. The summed E-state index contributed by atoms with van der Waals surface area (Å²) in [5, 5.41) is 0.243. The number of hydrogen-bond donors (Lipinski definition) is 3.